The van der Waals surface area contributed by atoms with Crippen molar-refractivity contribution in [1.82, 2.24) is 9.55 Å². The summed E-state index contributed by atoms with van der Waals surface area (Å²) in [5, 5.41) is 27.0. The summed E-state index contributed by atoms with van der Waals surface area (Å²) in [4.78, 5) is 15.1. The minimum atomic E-state index is -0.812. The predicted molar refractivity (Wildman–Crippen MR) is 55.5 cm³/mol. The molecule has 2 heterocycles. The fourth-order valence-electron chi connectivity index (χ4n) is 1.74. The Hall–Kier alpha value is -1.48. The summed E-state index contributed by atoms with van der Waals surface area (Å²) in [6, 6.07) is 1.39. The van der Waals surface area contributed by atoms with Gasteiger partial charge in [-0.05, 0) is 6.07 Å². The summed E-state index contributed by atoms with van der Waals surface area (Å²) in [6.45, 7) is -0.309. The van der Waals surface area contributed by atoms with Crippen LogP contribution in [0.15, 0.2) is 17.1 Å². The van der Waals surface area contributed by atoms with E-state index < -0.39 is 24.1 Å². The molecule has 8 nitrogen and oxygen atoms in total. The fourth-order valence-corrected chi connectivity index (χ4v) is 1.74. The van der Waals surface area contributed by atoms with Crippen LogP contribution >= 0.6 is 0 Å². The first-order valence-electron chi connectivity index (χ1n) is 5.09. The minimum Gasteiger partial charge on any atom is -0.394 e. The van der Waals surface area contributed by atoms with Gasteiger partial charge in [0, 0.05) is 12.6 Å². The van der Waals surface area contributed by atoms with Crippen LogP contribution in [0.1, 0.15) is 12.6 Å². The number of anilines is 1. The third-order valence-electron chi connectivity index (χ3n) is 2.64. The molecule has 3 atom stereocenters. The maximum Gasteiger partial charge on any atom is 0.351 e. The molecule has 1 fully saturated rings. The third-order valence-corrected chi connectivity index (χ3v) is 2.64. The molecule has 8 heteroatoms. The number of aliphatic hydroxyl groups is 2. The first kappa shape index (κ1) is 12.0. The lowest BCUT2D eigenvalue weighted by atomic mass is 10.2. The smallest absolute Gasteiger partial charge is 0.351 e. The van der Waals surface area contributed by atoms with E-state index in [2.05, 4.69) is 4.98 Å². The number of nitrogens with one attached hydrogen (secondary N) is 1. The van der Waals surface area contributed by atoms with Crippen LogP contribution in [0.3, 0.4) is 0 Å². The Bertz CT molecular complexity index is 449. The van der Waals surface area contributed by atoms with Crippen molar-refractivity contribution in [3.05, 3.63) is 22.7 Å². The highest BCUT2D eigenvalue weighted by molar-refractivity contribution is 5.28. The zero-order chi connectivity index (χ0) is 12.4. The number of aliphatic hydroxyl groups excluding tert-OH is 2. The van der Waals surface area contributed by atoms with Crippen molar-refractivity contribution in [3.8, 4) is 0 Å². The van der Waals surface area contributed by atoms with Gasteiger partial charge in [0.25, 0.3) is 0 Å². The van der Waals surface area contributed by atoms with E-state index in [0.29, 0.717) is 0 Å². The molecule has 4 N–H and O–H groups in total. The Balaban J connectivity index is 2.22. The number of hydrogen-bond donors (Lipinski definition) is 4. The summed E-state index contributed by atoms with van der Waals surface area (Å²) in [5.74, 6) is 0.0310. The molecule has 0 saturated carbocycles. The van der Waals surface area contributed by atoms with E-state index in [1.165, 1.54) is 16.8 Å². The fraction of sp³-hybridized carbons (Fsp3) is 0.556. The van der Waals surface area contributed by atoms with E-state index in [0.717, 1.165) is 0 Å². The van der Waals surface area contributed by atoms with Gasteiger partial charge in [0.05, 0.1) is 12.7 Å². The molecule has 0 radical (unpaired) electrons. The second-order valence-corrected chi connectivity index (χ2v) is 3.73. The van der Waals surface area contributed by atoms with Crippen molar-refractivity contribution in [3.63, 3.8) is 0 Å². The number of hydrogen-bond acceptors (Lipinski definition) is 7. The quantitative estimate of drug-likeness (QED) is 0.487. The van der Waals surface area contributed by atoms with Gasteiger partial charge in [-0.15, -0.1) is 0 Å². The normalized spacial score (nSPS) is 28.3. The summed E-state index contributed by atoms with van der Waals surface area (Å²) >= 11 is 0. The van der Waals surface area contributed by atoms with E-state index in [1.807, 2.05) is 0 Å². The standard InChI is InChI=1S/C9H13N3O5/c13-4-6-5(14)3-8(17-6)12-2-1-7(11-16)10-9(12)15/h1-2,5-6,8,13-14,16H,3-4H2,(H,10,11,15)/t5?,6-,8-/m1/s1. The molecule has 0 aliphatic carbocycles. The van der Waals surface area contributed by atoms with Gasteiger partial charge >= 0.3 is 5.69 Å². The van der Waals surface area contributed by atoms with Gasteiger partial charge in [-0.2, -0.15) is 4.98 Å². The lowest BCUT2D eigenvalue weighted by molar-refractivity contribution is -0.0458. The topological polar surface area (TPSA) is 117 Å². The first-order valence-corrected chi connectivity index (χ1v) is 5.09. The highest BCUT2D eigenvalue weighted by Gasteiger charge is 2.34. The highest BCUT2D eigenvalue weighted by atomic mass is 16.5. The Morgan fingerprint density at radius 2 is 2.41 bits per heavy atom. The van der Waals surface area contributed by atoms with Crippen molar-refractivity contribution < 1.29 is 20.2 Å². The zero-order valence-electron chi connectivity index (χ0n) is 8.85. The summed E-state index contributed by atoms with van der Waals surface area (Å²) < 4.78 is 6.50. The van der Waals surface area contributed by atoms with Crippen LogP contribution in [0.5, 0.6) is 0 Å². The molecule has 94 valence electrons. The molecule has 0 amide bonds. The van der Waals surface area contributed by atoms with Crippen LogP contribution in [-0.4, -0.2) is 43.8 Å². The monoisotopic (exact) mass is 243 g/mol. The van der Waals surface area contributed by atoms with Crippen LogP contribution in [0.25, 0.3) is 0 Å². The van der Waals surface area contributed by atoms with Crippen LogP contribution in [0, 0.1) is 0 Å². The van der Waals surface area contributed by atoms with Gasteiger partial charge in [-0.25, -0.2) is 4.79 Å². The molecule has 1 aliphatic heterocycles. The number of rotatable bonds is 3. The molecule has 0 aromatic carbocycles. The Morgan fingerprint density at radius 1 is 1.65 bits per heavy atom. The number of aromatic nitrogens is 2. The van der Waals surface area contributed by atoms with Crippen molar-refractivity contribution in [1.29, 1.82) is 0 Å². The molecule has 0 bridgehead atoms. The first-order chi connectivity index (χ1) is 8.15. The molecular weight excluding hydrogens is 230 g/mol. The molecule has 1 aromatic rings. The number of nitrogens with zero attached hydrogens (tertiary/aromatic N) is 2. The maximum absolute atomic E-state index is 11.6. The van der Waals surface area contributed by atoms with Crippen molar-refractivity contribution in [2.24, 2.45) is 0 Å². The van der Waals surface area contributed by atoms with Gasteiger partial charge in [-0.1, -0.05) is 0 Å². The van der Waals surface area contributed by atoms with Gasteiger partial charge in [0.1, 0.15) is 12.3 Å². The predicted octanol–water partition coefficient (Wildman–Crippen LogP) is -1.31. The van der Waals surface area contributed by atoms with Crippen LogP contribution in [0.2, 0.25) is 0 Å². The molecule has 2 rings (SSSR count). The Morgan fingerprint density at radius 3 is 2.94 bits per heavy atom. The van der Waals surface area contributed by atoms with Gasteiger partial charge in [-0.3, -0.25) is 15.3 Å². The zero-order valence-corrected chi connectivity index (χ0v) is 8.85. The second-order valence-electron chi connectivity index (χ2n) is 3.73. The van der Waals surface area contributed by atoms with Crippen molar-refractivity contribution >= 4 is 5.82 Å². The Kier molecular flexibility index (Phi) is 3.38. The molecule has 0 spiro atoms. The lowest BCUT2D eigenvalue weighted by Crippen LogP contribution is -2.27. The summed E-state index contributed by atoms with van der Waals surface area (Å²) in [5.41, 5.74) is 1.15. The van der Waals surface area contributed by atoms with Crippen molar-refractivity contribution in [2.45, 2.75) is 24.9 Å². The average Bonchev–Trinajstić information content (AvgIpc) is 2.70. The number of ether oxygens (including phenoxy) is 1. The Labute approximate surface area is 96.1 Å². The second kappa shape index (κ2) is 4.80. The van der Waals surface area contributed by atoms with Gasteiger partial charge < -0.3 is 14.9 Å². The van der Waals surface area contributed by atoms with E-state index in [9.17, 15) is 9.90 Å². The van der Waals surface area contributed by atoms with Crippen molar-refractivity contribution in [2.75, 3.05) is 12.1 Å². The summed E-state index contributed by atoms with van der Waals surface area (Å²) in [7, 11) is 0. The molecule has 1 saturated heterocycles. The molecule has 1 unspecified atom stereocenters. The molecule has 1 aliphatic rings. The van der Waals surface area contributed by atoms with E-state index in [-0.39, 0.29) is 18.8 Å². The maximum atomic E-state index is 11.6. The van der Waals surface area contributed by atoms with E-state index in [1.54, 1.807) is 5.48 Å². The summed E-state index contributed by atoms with van der Waals surface area (Å²) in [6.07, 6.45) is -0.561. The SMILES string of the molecule is O=c1nc(NO)ccn1[C@H]1CC(O)[C@@H](CO)O1. The van der Waals surface area contributed by atoms with Gasteiger partial charge in [0.2, 0.25) is 0 Å². The van der Waals surface area contributed by atoms with Crippen LogP contribution < -0.4 is 11.2 Å². The average molecular weight is 243 g/mol. The lowest BCUT2D eigenvalue weighted by Gasteiger charge is -2.14. The van der Waals surface area contributed by atoms with Crippen LogP contribution in [0.4, 0.5) is 5.82 Å². The largest absolute Gasteiger partial charge is 0.394 e. The third kappa shape index (κ3) is 2.29. The van der Waals surface area contributed by atoms with E-state index in [4.69, 9.17) is 15.1 Å². The minimum absolute atomic E-state index is 0.0310. The van der Waals surface area contributed by atoms with E-state index >= 15 is 0 Å². The van der Waals surface area contributed by atoms with Crippen LogP contribution in [-0.2, 0) is 4.74 Å². The molecular formula is C9H13N3O5. The molecule has 17 heavy (non-hydrogen) atoms. The highest BCUT2D eigenvalue weighted by Crippen LogP contribution is 2.27. The van der Waals surface area contributed by atoms with Gasteiger partial charge in [0.15, 0.2) is 5.82 Å². The molecule has 1 aromatic heterocycles.